The molecule has 0 aromatic heterocycles. The summed E-state index contributed by atoms with van der Waals surface area (Å²) in [6.07, 6.45) is 8.27. The predicted octanol–water partition coefficient (Wildman–Crippen LogP) is 3.61. The van der Waals surface area contributed by atoms with E-state index in [9.17, 15) is 5.11 Å². The fraction of sp³-hybridized carbons (Fsp3) is 0.667. The summed E-state index contributed by atoms with van der Waals surface area (Å²) in [5.74, 6) is -0.491. The van der Waals surface area contributed by atoms with Crippen LogP contribution in [0.4, 0.5) is 0 Å². The molecule has 0 bridgehead atoms. The van der Waals surface area contributed by atoms with E-state index in [1.165, 1.54) is 0 Å². The first-order chi connectivity index (χ1) is 9.65. The third-order valence-electron chi connectivity index (χ3n) is 4.73. The molecule has 1 aliphatic heterocycles. The van der Waals surface area contributed by atoms with Gasteiger partial charge in [-0.1, -0.05) is 31.2 Å². The van der Waals surface area contributed by atoms with Crippen LogP contribution >= 0.6 is 0 Å². The molecular weight excluding hydrogens is 264 g/mol. The van der Waals surface area contributed by atoms with Gasteiger partial charge in [0.1, 0.15) is 5.60 Å². The van der Waals surface area contributed by atoms with E-state index in [0.29, 0.717) is 13.2 Å². The van der Waals surface area contributed by atoms with Crippen LogP contribution in [-0.2, 0) is 9.47 Å². The highest BCUT2D eigenvalue weighted by molar-refractivity contribution is 5.42. The lowest BCUT2D eigenvalue weighted by molar-refractivity contribution is -0.269. The molecule has 2 aliphatic rings. The minimum Gasteiger partial charge on any atom is -0.381 e. The van der Waals surface area contributed by atoms with Crippen LogP contribution in [0.25, 0.3) is 0 Å². The Morgan fingerprint density at radius 2 is 1.62 bits per heavy atom. The van der Waals surface area contributed by atoms with Crippen LogP contribution in [0.1, 0.15) is 41.5 Å². The summed E-state index contributed by atoms with van der Waals surface area (Å²) < 4.78 is 11.6. The van der Waals surface area contributed by atoms with Gasteiger partial charge in [0.05, 0.1) is 18.6 Å². The summed E-state index contributed by atoms with van der Waals surface area (Å²) in [7, 11) is 0. The molecule has 0 radical (unpaired) electrons. The molecule has 0 aromatic carbocycles. The second kappa shape index (κ2) is 5.38. The molecule has 1 unspecified atom stereocenters. The smallest absolute Gasteiger partial charge is 0.162 e. The second-order valence-corrected chi connectivity index (χ2v) is 6.95. The van der Waals surface area contributed by atoms with Crippen molar-refractivity contribution in [2.45, 2.75) is 52.9 Å². The standard InChI is InChI=1S/C18H28O3/c1-7-8-13(2)18(19)14(3)9-17(10-15(18)4)11-20-16(5,6)21-12-17/h7-10,13,19H,11-12H2,1-6H3. The Balaban J connectivity index is 2.33. The Hall–Kier alpha value is -0.900. The summed E-state index contributed by atoms with van der Waals surface area (Å²) in [5, 5.41) is 11.2. The Morgan fingerprint density at radius 3 is 2.05 bits per heavy atom. The van der Waals surface area contributed by atoms with E-state index in [4.69, 9.17) is 9.47 Å². The van der Waals surface area contributed by atoms with Crippen molar-refractivity contribution in [2.24, 2.45) is 11.3 Å². The van der Waals surface area contributed by atoms with Crippen molar-refractivity contribution in [1.29, 1.82) is 0 Å². The average Bonchev–Trinajstić information content (AvgIpc) is 2.40. The molecule has 2 rings (SSSR count). The van der Waals surface area contributed by atoms with Crippen molar-refractivity contribution >= 4 is 0 Å². The zero-order chi connectivity index (χ0) is 15.9. The van der Waals surface area contributed by atoms with Crippen LogP contribution in [-0.4, -0.2) is 29.7 Å². The predicted molar refractivity (Wildman–Crippen MR) is 84.9 cm³/mol. The number of ether oxygens (including phenoxy) is 2. The first-order valence-electron chi connectivity index (χ1n) is 7.68. The van der Waals surface area contributed by atoms with Crippen LogP contribution < -0.4 is 0 Å². The lowest BCUT2D eigenvalue weighted by Crippen LogP contribution is -2.49. The summed E-state index contributed by atoms with van der Waals surface area (Å²) in [6, 6.07) is 0. The van der Waals surface area contributed by atoms with Gasteiger partial charge in [0.15, 0.2) is 5.79 Å². The first kappa shape index (κ1) is 16.5. The average molecular weight is 292 g/mol. The fourth-order valence-corrected chi connectivity index (χ4v) is 3.45. The van der Waals surface area contributed by atoms with Gasteiger partial charge in [-0.15, -0.1) is 0 Å². The SMILES string of the molecule is CC=CC(C)C1(O)C(C)=CC2(C=C1C)COC(C)(C)OC2. The molecular formula is C18H28O3. The zero-order valence-corrected chi connectivity index (χ0v) is 14.1. The van der Waals surface area contributed by atoms with Gasteiger partial charge >= 0.3 is 0 Å². The van der Waals surface area contributed by atoms with Crippen LogP contribution in [0.2, 0.25) is 0 Å². The molecule has 1 atom stereocenters. The van der Waals surface area contributed by atoms with Crippen LogP contribution in [0.15, 0.2) is 35.5 Å². The fourth-order valence-electron chi connectivity index (χ4n) is 3.45. The molecule has 1 N–H and O–H groups in total. The van der Waals surface area contributed by atoms with E-state index in [2.05, 4.69) is 12.2 Å². The van der Waals surface area contributed by atoms with E-state index in [0.717, 1.165) is 11.1 Å². The van der Waals surface area contributed by atoms with E-state index < -0.39 is 11.4 Å². The summed E-state index contributed by atoms with van der Waals surface area (Å²) in [5.41, 5.74) is 0.774. The lowest BCUT2D eigenvalue weighted by atomic mass is 9.68. The largest absolute Gasteiger partial charge is 0.381 e. The molecule has 3 nitrogen and oxygen atoms in total. The number of aliphatic hydroxyl groups is 1. The maximum Gasteiger partial charge on any atom is 0.162 e. The van der Waals surface area contributed by atoms with Crippen molar-refractivity contribution in [3.8, 4) is 0 Å². The molecule has 1 heterocycles. The Morgan fingerprint density at radius 1 is 1.14 bits per heavy atom. The summed E-state index contributed by atoms with van der Waals surface area (Å²) in [6.45, 7) is 13.1. The molecule has 1 aliphatic carbocycles. The molecule has 0 aromatic rings. The first-order valence-corrected chi connectivity index (χ1v) is 7.68. The topological polar surface area (TPSA) is 38.7 Å². The molecule has 3 heteroatoms. The molecule has 1 saturated heterocycles. The second-order valence-electron chi connectivity index (χ2n) is 6.95. The highest BCUT2D eigenvalue weighted by atomic mass is 16.7. The van der Waals surface area contributed by atoms with Crippen molar-refractivity contribution < 1.29 is 14.6 Å². The number of allylic oxidation sites excluding steroid dienone is 1. The number of rotatable bonds is 2. The van der Waals surface area contributed by atoms with Crippen molar-refractivity contribution in [3.05, 3.63) is 35.5 Å². The molecule has 21 heavy (non-hydrogen) atoms. The van der Waals surface area contributed by atoms with Crippen LogP contribution in [0.5, 0.6) is 0 Å². The van der Waals surface area contributed by atoms with E-state index in [1.807, 2.05) is 53.7 Å². The van der Waals surface area contributed by atoms with Gasteiger partial charge in [0.2, 0.25) is 0 Å². The van der Waals surface area contributed by atoms with Gasteiger partial charge in [-0.3, -0.25) is 0 Å². The quantitative estimate of drug-likeness (QED) is 0.790. The third kappa shape index (κ3) is 2.87. The molecule has 118 valence electrons. The van der Waals surface area contributed by atoms with Gasteiger partial charge in [0, 0.05) is 5.92 Å². The van der Waals surface area contributed by atoms with Crippen molar-refractivity contribution in [1.82, 2.24) is 0 Å². The normalized spacial score (nSPS) is 28.3. The monoisotopic (exact) mass is 292 g/mol. The van der Waals surface area contributed by atoms with Crippen molar-refractivity contribution in [3.63, 3.8) is 0 Å². The maximum atomic E-state index is 11.2. The van der Waals surface area contributed by atoms with Crippen LogP contribution in [0, 0.1) is 11.3 Å². The zero-order valence-electron chi connectivity index (χ0n) is 14.1. The van der Waals surface area contributed by atoms with Gasteiger partial charge in [0.25, 0.3) is 0 Å². The Kier molecular flexibility index (Phi) is 4.22. The lowest BCUT2D eigenvalue weighted by Gasteiger charge is -2.46. The number of hydrogen-bond donors (Lipinski definition) is 1. The third-order valence-corrected chi connectivity index (χ3v) is 4.73. The summed E-state index contributed by atoms with van der Waals surface area (Å²) >= 11 is 0. The molecule has 0 saturated carbocycles. The van der Waals surface area contributed by atoms with Gasteiger partial charge < -0.3 is 14.6 Å². The minimum absolute atomic E-state index is 0.0363. The summed E-state index contributed by atoms with van der Waals surface area (Å²) in [4.78, 5) is 0. The molecule has 1 fully saturated rings. The van der Waals surface area contributed by atoms with E-state index in [-0.39, 0.29) is 11.3 Å². The van der Waals surface area contributed by atoms with Gasteiger partial charge in [-0.2, -0.15) is 0 Å². The van der Waals surface area contributed by atoms with Crippen LogP contribution in [0.3, 0.4) is 0 Å². The molecule has 1 spiro atoms. The highest BCUT2D eigenvalue weighted by Gasteiger charge is 2.46. The Bertz CT molecular complexity index is 465. The van der Waals surface area contributed by atoms with Crippen molar-refractivity contribution in [2.75, 3.05) is 13.2 Å². The Labute approximate surface area is 128 Å². The van der Waals surface area contributed by atoms with Gasteiger partial charge in [-0.25, -0.2) is 0 Å². The van der Waals surface area contributed by atoms with E-state index >= 15 is 0 Å². The maximum absolute atomic E-state index is 11.2. The minimum atomic E-state index is -0.912. The number of hydrogen-bond acceptors (Lipinski definition) is 3. The van der Waals surface area contributed by atoms with E-state index in [1.54, 1.807) is 0 Å². The molecule has 0 amide bonds. The van der Waals surface area contributed by atoms with Gasteiger partial charge in [-0.05, 0) is 45.8 Å². The highest BCUT2D eigenvalue weighted by Crippen LogP contribution is 2.45.